The third-order valence-corrected chi connectivity index (χ3v) is 12.5. The number of piperidine rings is 2. The Morgan fingerprint density at radius 2 is 1.70 bits per heavy atom. The number of nitrogens with one attached hydrogen (secondary N) is 3. The van der Waals surface area contributed by atoms with E-state index >= 15 is 4.39 Å². The van der Waals surface area contributed by atoms with Crippen molar-refractivity contribution in [1.82, 2.24) is 25.1 Å². The second kappa shape index (κ2) is 16.8. The lowest BCUT2D eigenvalue weighted by Gasteiger charge is -2.40. The van der Waals surface area contributed by atoms with Gasteiger partial charge in [0.05, 0.1) is 47.0 Å². The summed E-state index contributed by atoms with van der Waals surface area (Å²) in [4.78, 5) is 63.0. The maximum Gasteiger partial charge on any atom is 0.265 e. The predicted molar refractivity (Wildman–Crippen MR) is 229 cm³/mol. The molecule has 8 rings (SSSR count). The lowest BCUT2D eigenvalue weighted by Crippen LogP contribution is -2.54. The number of carbonyl (C=O) groups excluding carboxylic acids is 4. The van der Waals surface area contributed by atoms with Crippen molar-refractivity contribution in [3.05, 3.63) is 82.8 Å². The minimum Gasteiger partial charge on any atom is -0.494 e. The Labute approximate surface area is 363 Å². The molecule has 4 aromatic rings. The van der Waals surface area contributed by atoms with Crippen LogP contribution in [0.25, 0.3) is 0 Å². The van der Waals surface area contributed by atoms with Crippen LogP contribution in [0.1, 0.15) is 57.4 Å². The van der Waals surface area contributed by atoms with Crippen LogP contribution in [0, 0.1) is 11.7 Å². The van der Waals surface area contributed by atoms with E-state index in [9.17, 15) is 23.7 Å². The van der Waals surface area contributed by atoms with Gasteiger partial charge in [0.15, 0.2) is 11.6 Å². The van der Waals surface area contributed by atoms with E-state index in [2.05, 4.69) is 20.6 Å². The van der Waals surface area contributed by atoms with Crippen LogP contribution in [0.2, 0.25) is 5.02 Å². The Balaban J connectivity index is 0.964. The van der Waals surface area contributed by atoms with Gasteiger partial charge in [-0.05, 0) is 74.9 Å². The number of hydrogen-bond donors (Lipinski definition) is 3. The van der Waals surface area contributed by atoms with Gasteiger partial charge in [0, 0.05) is 74.6 Å². The van der Waals surface area contributed by atoms with Gasteiger partial charge in [-0.15, -0.1) is 0 Å². The third kappa shape index (κ3) is 8.28. The molecule has 4 amide bonds. The second-order valence-electron chi connectivity index (χ2n) is 15.0. The fourth-order valence-electron chi connectivity index (χ4n) is 7.59. The number of rotatable bonds is 11. The van der Waals surface area contributed by atoms with E-state index in [0.717, 1.165) is 17.8 Å². The van der Waals surface area contributed by atoms with Crippen LogP contribution in [0.3, 0.4) is 0 Å². The molecule has 18 heteroatoms. The van der Waals surface area contributed by atoms with Gasteiger partial charge in [0.1, 0.15) is 24.0 Å². The molecular formula is C42H46ClFN9O6P. The van der Waals surface area contributed by atoms with Gasteiger partial charge in [-0.1, -0.05) is 23.7 Å². The second-order valence-corrected chi connectivity index (χ2v) is 18.6. The summed E-state index contributed by atoms with van der Waals surface area (Å²) in [5.74, 6) is -5.13. The van der Waals surface area contributed by atoms with Crippen LogP contribution in [0.5, 0.6) is 5.75 Å². The molecule has 1 atom stereocenters. The first kappa shape index (κ1) is 32.2. The smallest absolute Gasteiger partial charge is 0.265 e. The van der Waals surface area contributed by atoms with Gasteiger partial charge in [0.2, 0.25) is 17.8 Å². The van der Waals surface area contributed by atoms with Crippen LogP contribution >= 0.6 is 18.7 Å². The normalized spacial score (nSPS) is 24.4. The molecule has 1 unspecified atom stereocenters. The van der Waals surface area contributed by atoms with Crippen molar-refractivity contribution >= 4 is 82.2 Å². The first-order valence-electron chi connectivity index (χ1n) is 23.1. The zero-order valence-corrected chi connectivity index (χ0v) is 34.4. The largest absolute Gasteiger partial charge is 0.494 e. The molecule has 0 aliphatic carbocycles. The number of carbonyl (C=O) groups is 4. The number of hydrogen-bond acceptors (Lipinski definition) is 13. The van der Waals surface area contributed by atoms with E-state index in [4.69, 9.17) is 27.3 Å². The van der Waals surface area contributed by atoms with Crippen LogP contribution in [0.15, 0.2) is 60.8 Å². The summed E-state index contributed by atoms with van der Waals surface area (Å²) in [6, 6.07) is 12.8. The lowest BCUT2D eigenvalue weighted by molar-refractivity contribution is -0.136. The number of imide groups is 2. The molecule has 15 nitrogen and oxygen atoms in total. The Hall–Kier alpha value is -5.57. The number of fused-ring (bicyclic) bond motifs is 1. The standard InChI is InChI=1S/C42H46ClFN9O6P/c1-59-33-22-26(8-10-29(33)47-42-45-23-28(43)38(49-42)46-30-6-4-5-7-34(30)60(2,3)58)51-16-14-25(15-17-51)24-50-18-20-52(21-19-50)31-11-9-27-36(37(31)44)41(57)53(40(27)56)32-12-13-35(54)48-39(32)55/h4-11,22-23,25,32H,12-21,24H2,1-3H3,(H,48,54,55)(H2,45,46,47,49)/i18D2,19D2,20D2,21D2. The van der Waals surface area contributed by atoms with Crippen LogP contribution in [-0.2, 0) is 14.2 Å². The van der Waals surface area contributed by atoms with Gasteiger partial charge in [0.25, 0.3) is 11.8 Å². The number of anilines is 6. The lowest BCUT2D eigenvalue weighted by atomic mass is 9.95. The molecule has 0 radical (unpaired) electrons. The highest BCUT2D eigenvalue weighted by molar-refractivity contribution is 7.70. The SMILES string of the molecule is [2H]C1([2H])N(CC2CCN(c3ccc(Nc4ncc(Cl)c(Nc5ccccc5P(C)(C)=O)n4)c(OC)c3)CC2)C([2H])([2H])C([2H])([2H])N(c2ccc3c(c2F)C(=O)N(C2CCC(=O)NC2=O)C3=O)C1([2H])[2H]. The van der Waals surface area contributed by atoms with Gasteiger partial charge in [-0.3, -0.25) is 34.3 Å². The molecule has 0 bridgehead atoms. The zero-order valence-electron chi connectivity index (χ0n) is 40.7. The Morgan fingerprint density at radius 1 is 0.950 bits per heavy atom. The first-order chi connectivity index (χ1) is 31.8. The molecule has 0 saturated carbocycles. The van der Waals surface area contributed by atoms with Crippen LogP contribution < -0.4 is 35.8 Å². The van der Waals surface area contributed by atoms with Crippen molar-refractivity contribution in [3.63, 3.8) is 0 Å². The maximum absolute atomic E-state index is 16.6. The number of piperazine rings is 1. The summed E-state index contributed by atoms with van der Waals surface area (Å²) in [7, 11) is -1.15. The maximum atomic E-state index is 16.6. The Morgan fingerprint density at radius 3 is 2.42 bits per heavy atom. The van der Waals surface area contributed by atoms with Gasteiger partial charge in [-0.2, -0.15) is 4.98 Å². The molecule has 3 saturated heterocycles. The molecule has 3 N–H and O–H groups in total. The van der Waals surface area contributed by atoms with Gasteiger partial charge < -0.3 is 29.7 Å². The third-order valence-electron chi connectivity index (χ3n) is 10.7. The van der Waals surface area contributed by atoms with Crippen molar-refractivity contribution in [1.29, 1.82) is 0 Å². The monoisotopic (exact) mass is 865 g/mol. The first-order valence-corrected chi connectivity index (χ1v) is 22.1. The molecule has 0 spiro atoms. The Kier molecular flexibility index (Phi) is 9.04. The van der Waals surface area contributed by atoms with Gasteiger partial charge in [-0.25, -0.2) is 9.37 Å². The highest BCUT2D eigenvalue weighted by Gasteiger charge is 2.46. The number of nitrogens with zero attached hydrogens (tertiary/aromatic N) is 6. The average Bonchev–Trinajstić information content (AvgIpc) is 3.52. The minimum absolute atomic E-state index is 0.000218. The Bertz CT molecular complexity index is 2770. The minimum atomic E-state index is -3.49. The van der Waals surface area contributed by atoms with Crippen molar-refractivity contribution in [3.8, 4) is 5.75 Å². The summed E-state index contributed by atoms with van der Waals surface area (Å²) >= 11 is 6.45. The number of ether oxygens (including phenoxy) is 1. The van der Waals surface area contributed by atoms with Crippen molar-refractivity contribution in [2.45, 2.75) is 31.7 Å². The van der Waals surface area contributed by atoms with E-state index in [-0.39, 0.29) is 34.5 Å². The van der Waals surface area contributed by atoms with Crippen molar-refractivity contribution < 1.29 is 43.8 Å². The van der Waals surface area contributed by atoms with E-state index in [1.807, 2.05) is 16.3 Å². The highest BCUT2D eigenvalue weighted by Crippen LogP contribution is 2.40. The topological polar surface area (TPSA) is 169 Å². The molecule has 314 valence electrons. The summed E-state index contributed by atoms with van der Waals surface area (Å²) in [6.45, 7) is -9.91. The quantitative estimate of drug-likeness (QED) is 0.129. The highest BCUT2D eigenvalue weighted by atomic mass is 35.5. The van der Waals surface area contributed by atoms with E-state index in [1.54, 1.807) is 49.7 Å². The fraction of sp³-hybridized carbons (Fsp3) is 0.381. The zero-order chi connectivity index (χ0) is 49.5. The molecule has 1 aromatic heterocycles. The molecular weight excluding hydrogens is 812 g/mol. The molecule has 3 fully saturated rings. The van der Waals surface area contributed by atoms with Crippen molar-refractivity contribution in [2.24, 2.45) is 5.92 Å². The molecule has 3 aromatic carbocycles. The number of halogens is 2. The van der Waals surface area contributed by atoms with Crippen LogP contribution in [-0.4, -0.2) is 115 Å². The van der Waals surface area contributed by atoms with E-state index in [0.29, 0.717) is 58.2 Å². The summed E-state index contributed by atoms with van der Waals surface area (Å²) < 4.78 is 107. The molecule has 4 aliphatic heterocycles. The summed E-state index contributed by atoms with van der Waals surface area (Å²) in [5.41, 5.74) is -0.600. The molecule has 5 heterocycles. The molecule has 60 heavy (non-hydrogen) atoms. The fourth-order valence-corrected chi connectivity index (χ4v) is 8.89. The van der Waals surface area contributed by atoms with E-state index < -0.39 is 97.9 Å². The average molecular weight is 866 g/mol. The number of amides is 4. The number of para-hydroxylation sites is 1. The van der Waals surface area contributed by atoms with Gasteiger partial charge >= 0.3 is 0 Å². The number of aromatic nitrogens is 2. The van der Waals surface area contributed by atoms with Crippen molar-refractivity contribution in [2.75, 3.05) is 86.5 Å². The number of benzene rings is 3. The molecule has 4 aliphatic rings. The summed E-state index contributed by atoms with van der Waals surface area (Å²) in [5, 5.41) is 9.20. The van der Waals surface area contributed by atoms with E-state index in [1.165, 1.54) is 13.3 Å². The number of methoxy groups -OCH3 is 1. The predicted octanol–water partition coefficient (Wildman–Crippen LogP) is 5.45. The van der Waals surface area contributed by atoms with Crippen LogP contribution in [0.4, 0.5) is 38.9 Å². The summed E-state index contributed by atoms with van der Waals surface area (Å²) in [6.07, 6.45) is 1.71.